The van der Waals surface area contributed by atoms with Crippen molar-refractivity contribution in [3.63, 3.8) is 0 Å². The fourth-order valence-corrected chi connectivity index (χ4v) is 2.51. The summed E-state index contributed by atoms with van der Waals surface area (Å²) in [4.78, 5) is 17.7. The highest BCUT2D eigenvalue weighted by Gasteiger charge is 2.17. The summed E-state index contributed by atoms with van der Waals surface area (Å²) >= 11 is 0. The molecule has 0 saturated carbocycles. The fourth-order valence-electron chi connectivity index (χ4n) is 2.51. The first-order valence-corrected chi connectivity index (χ1v) is 6.72. The number of rotatable bonds is 2. The van der Waals surface area contributed by atoms with Crippen LogP contribution in [0.4, 0.5) is 5.82 Å². The molecule has 98 valence electrons. The van der Waals surface area contributed by atoms with Gasteiger partial charge >= 0.3 is 0 Å². The maximum Gasteiger partial charge on any atom is 0.182 e. The molecule has 2 aromatic rings. The Morgan fingerprint density at radius 1 is 1.05 bits per heavy atom. The number of aromatic nitrogens is 4. The topological polar surface area (TPSA) is 63.6 Å². The van der Waals surface area contributed by atoms with Gasteiger partial charge in [-0.1, -0.05) is 6.42 Å². The average Bonchev–Trinajstić information content (AvgIpc) is 2.72. The van der Waals surface area contributed by atoms with E-state index in [1.165, 1.54) is 24.8 Å². The Morgan fingerprint density at radius 2 is 1.95 bits per heavy atom. The first-order valence-electron chi connectivity index (χ1n) is 6.72. The molecule has 5 nitrogen and oxygen atoms in total. The lowest BCUT2D eigenvalue weighted by Crippen LogP contribution is -2.07. The van der Waals surface area contributed by atoms with Crippen LogP contribution >= 0.6 is 0 Å². The van der Waals surface area contributed by atoms with Crippen molar-refractivity contribution < 1.29 is 0 Å². The number of hydrogen-bond donors (Lipinski definition) is 1. The second-order valence-corrected chi connectivity index (χ2v) is 4.72. The van der Waals surface area contributed by atoms with Crippen molar-refractivity contribution in [1.29, 1.82) is 0 Å². The van der Waals surface area contributed by atoms with Crippen molar-refractivity contribution in [2.24, 2.45) is 0 Å². The third-order valence-electron chi connectivity index (χ3n) is 3.46. The summed E-state index contributed by atoms with van der Waals surface area (Å²) in [5.41, 5.74) is 3.16. The van der Waals surface area contributed by atoms with Crippen LogP contribution in [-0.2, 0) is 12.8 Å². The van der Waals surface area contributed by atoms with E-state index in [-0.39, 0.29) is 0 Å². The van der Waals surface area contributed by atoms with Crippen LogP contribution in [0.1, 0.15) is 30.5 Å². The van der Waals surface area contributed by atoms with Crippen LogP contribution in [0.15, 0.2) is 18.6 Å². The zero-order chi connectivity index (χ0) is 13.1. The SMILES string of the molecule is CNc1nc(-c2cnccn2)nc2c1CCCCC2. The Balaban J connectivity index is 2.10. The van der Waals surface area contributed by atoms with Crippen LogP contribution in [0.25, 0.3) is 11.5 Å². The standard InChI is InChI=1S/C14H17N5/c1-15-13-10-5-3-2-4-6-11(10)18-14(19-13)12-9-16-7-8-17-12/h7-9H,2-6H2,1H3,(H,15,18,19). The first kappa shape index (κ1) is 12.0. The Morgan fingerprint density at radius 3 is 2.74 bits per heavy atom. The summed E-state index contributed by atoms with van der Waals surface area (Å²) in [7, 11) is 1.91. The summed E-state index contributed by atoms with van der Waals surface area (Å²) in [6.07, 6.45) is 10.8. The molecule has 2 aromatic heterocycles. The number of fused-ring (bicyclic) bond motifs is 1. The van der Waals surface area contributed by atoms with Crippen LogP contribution in [0.2, 0.25) is 0 Å². The van der Waals surface area contributed by atoms with Crippen molar-refractivity contribution in [2.75, 3.05) is 12.4 Å². The molecule has 1 aliphatic rings. The highest BCUT2D eigenvalue weighted by Crippen LogP contribution is 2.26. The zero-order valence-electron chi connectivity index (χ0n) is 11.1. The first-order chi connectivity index (χ1) is 9.38. The van der Waals surface area contributed by atoms with E-state index in [9.17, 15) is 0 Å². The third kappa shape index (κ3) is 2.41. The molecule has 0 radical (unpaired) electrons. The van der Waals surface area contributed by atoms with Crippen molar-refractivity contribution >= 4 is 5.82 Å². The largest absolute Gasteiger partial charge is 0.373 e. The second-order valence-electron chi connectivity index (χ2n) is 4.72. The number of hydrogen-bond acceptors (Lipinski definition) is 5. The van der Waals surface area contributed by atoms with Crippen molar-refractivity contribution in [3.05, 3.63) is 29.8 Å². The lowest BCUT2D eigenvalue weighted by atomic mass is 10.1. The van der Waals surface area contributed by atoms with Crippen molar-refractivity contribution in [3.8, 4) is 11.5 Å². The van der Waals surface area contributed by atoms with E-state index < -0.39 is 0 Å². The molecule has 0 unspecified atom stereocenters. The molecule has 0 amide bonds. The van der Waals surface area contributed by atoms with Crippen LogP contribution in [0, 0.1) is 0 Å². The van der Waals surface area contributed by atoms with Gasteiger partial charge in [0, 0.05) is 30.7 Å². The molecule has 0 fully saturated rings. The summed E-state index contributed by atoms with van der Waals surface area (Å²) in [5, 5.41) is 3.19. The third-order valence-corrected chi connectivity index (χ3v) is 3.46. The second kappa shape index (κ2) is 5.30. The molecule has 0 atom stereocenters. The minimum Gasteiger partial charge on any atom is -0.373 e. The van der Waals surface area contributed by atoms with E-state index in [2.05, 4.69) is 20.3 Å². The number of nitrogens with zero attached hydrogens (tertiary/aromatic N) is 4. The molecule has 0 aromatic carbocycles. The number of anilines is 1. The molecule has 19 heavy (non-hydrogen) atoms. The van der Waals surface area contributed by atoms with Gasteiger partial charge in [0.25, 0.3) is 0 Å². The number of aryl methyl sites for hydroxylation is 1. The Hall–Kier alpha value is -2.04. The fraction of sp³-hybridized carbons (Fsp3) is 0.429. The normalized spacial score (nSPS) is 14.6. The van der Waals surface area contributed by atoms with Gasteiger partial charge in [-0.3, -0.25) is 4.98 Å². The van der Waals surface area contributed by atoms with Gasteiger partial charge in [-0.15, -0.1) is 0 Å². The van der Waals surface area contributed by atoms with Gasteiger partial charge in [0.2, 0.25) is 0 Å². The van der Waals surface area contributed by atoms with Gasteiger partial charge in [-0.2, -0.15) is 0 Å². The molecule has 5 heteroatoms. The average molecular weight is 255 g/mol. The van der Waals surface area contributed by atoms with E-state index in [1.54, 1.807) is 18.6 Å². The minimum absolute atomic E-state index is 0.665. The molecular weight excluding hydrogens is 238 g/mol. The molecule has 0 spiro atoms. The highest BCUT2D eigenvalue weighted by molar-refractivity contribution is 5.56. The molecule has 1 aliphatic carbocycles. The maximum absolute atomic E-state index is 4.70. The summed E-state index contributed by atoms with van der Waals surface area (Å²) in [6, 6.07) is 0. The predicted molar refractivity (Wildman–Crippen MR) is 73.9 cm³/mol. The quantitative estimate of drug-likeness (QED) is 0.834. The van der Waals surface area contributed by atoms with Crippen molar-refractivity contribution in [2.45, 2.75) is 32.1 Å². The predicted octanol–water partition coefficient (Wildman–Crippen LogP) is 2.24. The smallest absolute Gasteiger partial charge is 0.182 e. The van der Waals surface area contributed by atoms with Crippen LogP contribution in [0.5, 0.6) is 0 Å². The molecule has 0 aliphatic heterocycles. The lowest BCUT2D eigenvalue weighted by molar-refractivity contribution is 0.709. The summed E-state index contributed by atoms with van der Waals surface area (Å²) in [6.45, 7) is 0. The van der Waals surface area contributed by atoms with Gasteiger partial charge in [0.05, 0.1) is 6.20 Å². The van der Waals surface area contributed by atoms with Gasteiger partial charge in [-0.25, -0.2) is 15.0 Å². The molecule has 1 N–H and O–H groups in total. The lowest BCUT2D eigenvalue weighted by Gasteiger charge is -2.12. The molecule has 0 saturated heterocycles. The number of nitrogens with one attached hydrogen (secondary N) is 1. The zero-order valence-corrected chi connectivity index (χ0v) is 11.1. The Labute approximate surface area is 112 Å². The van der Waals surface area contributed by atoms with Gasteiger partial charge in [0.1, 0.15) is 11.5 Å². The van der Waals surface area contributed by atoms with E-state index in [1.807, 2.05) is 7.05 Å². The molecular formula is C14H17N5. The van der Waals surface area contributed by atoms with Crippen LogP contribution in [-0.4, -0.2) is 27.0 Å². The summed E-state index contributed by atoms with van der Waals surface area (Å²) in [5.74, 6) is 1.60. The van der Waals surface area contributed by atoms with E-state index in [0.717, 1.165) is 30.0 Å². The van der Waals surface area contributed by atoms with Gasteiger partial charge in [0.15, 0.2) is 5.82 Å². The van der Waals surface area contributed by atoms with Crippen LogP contribution < -0.4 is 5.32 Å². The van der Waals surface area contributed by atoms with E-state index in [4.69, 9.17) is 4.98 Å². The molecule has 3 rings (SSSR count). The Kier molecular flexibility index (Phi) is 3.35. The molecule has 2 heterocycles. The van der Waals surface area contributed by atoms with E-state index >= 15 is 0 Å². The van der Waals surface area contributed by atoms with Gasteiger partial charge in [-0.05, 0) is 25.7 Å². The van der Waals surface area contributed by atoms with E-state index in [0.29, 0.717) is 5.82 Å². The van der Waals surface area contributed by atoms with Crippen LogP contribution in [0.3, 0.4) is 0 Å². The maximum atomic E-state index is 4.70. The highest BCUT2D eigenvalue weighted by atomic mass is 15.0. The molecule has 0 bridgehead atoms. The van der Waals surface area contributed by atoms with Crippen molar-refractivity contribution in [1.82, 2.24) is 19.9 Å². The monoisotopic (exact) mass is 255 g/mol. The van der Waals surface area contributed by atoms with Gasteiger partial charge < -0.3 is 5.32 Å². The minimum atomic E-state index is 0.665. The summed E-state index contributed by atoms with van der Waals surface area (Å²) < 4.78 is 0. The Bertz CT molecular complexity index is 568.